The van der Waals surface area contributed by atoms with E-state index in [0.717, 1.165) is 12.0 Å². The summed E-state index contributed by atoms with van der Waals surface area (Å²) in [7, 11) is 0. The summed E-state index contributed by atoms with van der Waals surface area (Å²) < 4.78 is 5.01. The van der Waals surface area contributed by atoms with Gasteiger partial charge in [-0.1, -0.05) is 81.2 Å². The molecule has 158 valence electrons. The van der Waals surface area contributed by atoms with E-state index in [9.17, 15) is 4.79 Å². The fourth-order valence-corrected chi connectivity index (χ4v) is 3.53. The number of allylic oxidation sites excluding steroid dienone is 6. The quantitative estimate of drug-likeness (QED) is 0.412. The van der Waals surface area contributed by atoms with Crippen molar-refractivity contribution < 1.29 is 9.53 Å². The normalized spacial score (nSPS) is 15.9. The maximum atomic E-state index is 11.7. The fourth-order valence-electron chi connectivity index (χ4n) is 3.53. The van der Waals surface area contributed by atoms with Gasteiger partial charge in [0.15, 0.2) is 0 Å². The molecule has 0 saturated carbocycles. The lowest BCUT2D eigenvalue weighted by Gasteiger charge is -2.23. The Labute approximate surface area is 186 Å². The molecular formula is C29H30O2. The maximum absolute atomic E-state index is 11.7. The van der Waals surface area contributed by atoms with E-state index in [4.69, 9.17) is 4.74 Å². The largest absolute Gasteiger partial charge is 0.462 e. The summed E-state index contributed by atoms with van der Waals surface area (Å²) in [5.41, 5.74) is 5.51. The third-order valence-electron chi connectivity index (χ3n) is 5.35. The summed E-state index contributed by atoms with van der Waals surface area (Å²) in [6.45, 7) is 8.89. The summed E-state index contributed by atoms with van der Waals surface area (Å²) in [5, 5.41) is 0. The summed E-state index contributed by atoms with van der Waals surface area (Å²) in [6, 6.07) is 16.2. The molecule has 31 heavy (non-hydrogen) atoms. The monoisotopic (exact) mass is 410 g/mol. The van der Waals surface area contributed by atoms with Crippen LogP contribution in [0.1, 0.15) is 67.1 Å². The molecule has 2 nitrogen and oxygen atoms in total. The molecule has 2 aromatic carbocycles. The molecule has 0 amide bonds. The topological polar surface area (TPSA) is 26.3 Å². The number of carbonyl (C=O) groups excluding carboxylic acids is 1. The molecule has 1 aliphatic rings. The van der Waals surface area contributed by atoms with Crippen molar-refractivity contribution >= 4 is 5.97 Å². The Hall–Kier alpha value is -3.31. The van der Waals surface area contributed by atoms with Crippen molar-refractivity contribution in [2.24, 2.45) is 0 Å². The zero-order chi connectivity index (χ0) is 22.3. The van der Waals surface area contributed by atoms with E-state index in [-0.39, 0.29) is 11.4 Å². The molecule has 0 radical (unpaired) electrons. The number of ether oxygens (including phenoxy) is 1. The number of carbonyl (C=O) groups is 1. The molecule has 0 aromatic heterocycles. The lowest BCUT2D eigenvalue weighted by Crippen LogP contribution is -2.11. The van der Waals surface area contributed by atoms with Gasteiger partial charge >= 0.3 is 5.97 Å². The Morgan fingerprint density at radius 3 is 2.45 bits per heavy atom. The van der Waals surface area contributed by atoms with E-state index in [1.165, 1.54) is 16.7 Å². The zero-order valence-corrected chi connectivity index (χ0v) is 18.8. The first-order valence-corrected chi connectivity index (χ1v) is 10.8. The molecule has 0 bridgehead atoms. The molecule has 0 spiro atoms. The first-order valence-electron chi connectivity index (χ1n) is 10.8. The second-order valence-corrected chi connectivity index (χ2v) is 8.66. The van der Waals surface area contributed by atoms with Crippen LogP contribution in [0.2, 0.25) is 0 Å². The third-order valence-corrected chi connectivity index (χ3v) is 5.35. The van der Waals surface area contributed by atoms with Crippen molar-refractivity contribution in [1.29, 1.82) is 0 Å². The predicted molar refractivity (Wildman–Crippen MR) is 128 cm³/mol. The van der Waals surface area contributed by atoms with Crippen molar-refractivity contribution in [3.63, 3.8) is 0 Å². The molecule has 0 fully saturated rings. The van der Waals surface area contributed by atoms with Gasteiger partial charge < -0.3 is 4.74 Å². The van der Waals surface area contributed by atoms with Gasteiger partial charge in [-0.15, -0.1) is 0 Å². The fraction of sp³-hybridized carbons (Fsp3) is 0.276. The minimum atomic E-state index is -0.305. The van der Waals surface area contributed by atoms with Crippen LogP contribution in [-0.4, -0.2) is 12.6 Å². The molecule has 2 heteroatoms. The van der Waals surface area contributed by atoms with Crippen LogP contribution in [0, 0.1) is 11.8 Å². The van der Waals surface area contributed by atoms with Crippen molar-refractivity contribution in [2.75, 3.05) is 6.61 Å². The Balaban J connectivity index is 1.69. The van der Waals surface area contributed by atoms with E-state index >= 15 is 0 Å². The Kier molecular flexibility index (Phi) is 7.32. The van der Waals surface area contributed by atoms with Gasteiger partial charge in [0.05, 0.1) is 12.2 Å². The second-order valence-electron chi connectivity index (χ2n) is 8.66. The SMILES string of the molecule is CCOC(=O)c1ccc(C#CC=CC2=CC=CCC2c2ccc(C(C)(C)C)cc2)cc1. The lowest BCUT2D eigenvalue weighted by atomic mass is 9.82. The summed E-state index contributed by atoms with van der Waals surface area (Å²) >= 11 is 0. The highest BCUT2D eigenvalue weighted by Crippen LogP contribution is 2.33. The minimum Gasteiger partial charge on any atom is -0.462 e. The Bertz CT molecular complexity index is 1050. The number of rotatable bonds is 4. The van der Waals surface area contributed by atoms with Gasteiger partial charge in [-0.05, 0) is 65.8 Å². The van der Waals surface area contributed by atoms with E-state index in [1.807, 2.05) is 18.2 Å². The van der Waals surface area contributed by atoms with E-state index in [1.54, 1.807) is 19.1 Å². The molecule has 0 saturated heterocycles. The van der Waals surface area contributed by atoms with Gasteiger partial charge in [0.2, 0.25) is 0 Å². The second kappa shape index (κ2) is 10.1. The van der Waals surface area contributed by atoms with Gasteiger partial charge in [-0.2, -0.15) is 0 Å². The molecule has 3 rings (SSSR count). The number of benzene rings is 2. The molecule has 2 aromatic rings. The smallest absolute Gasteiger partial charge is 0.338 e. The predicted octanol–water partition coefficient (Wildman–Crippen LogP) is 6.74. The van der Waals surface area contributed by atoms with Gasteiger partial charge in [0, 0.05) is 11.5 Å². The van der Waals surface area contributed by atoms with Crippen LogP contribution in [0.25, 0.3) is 0 Å². The van der Waals surface area contributed by atoms with Gasteiger partial charge in [-0.3, -0.25) is 0 Å². The van der Waals surface area contributed by atoms with E-state index in [2.05, 4.69) is 81.2 Å². The molecule has 0 aliphatic heterocycles. The number of esters is 1. The number of hydrogen-bond acceptors (Lipinski definition) is 2. The highest BCUT2D eigenvalue weighted by atomic mass is 16.5. The molecule has 1 unspecified atom stereocenters. The van der Waals surface area contributed by atoms with Gasteiger partial charge in [0.1, 0.15) is 0 Å². The summed E-state index contributed by atoms with van der Waals surface area (Å²) in [4.78, 5) is 11.7. The maximum Gasteiger partial charge on any atom is 0.338 e. The first-order chi connectivity index (χ1) is 14.9. The van der Waals surface area contributed by atoms with Crippen molar-refractivity contribution in [3.05, 3.63) is 107 Å². The molecule has 1 aliphatic carbocycles. The van der Waals surface area contributed by atoms with Gasteiger partial charge in [-0.25, -0.2) is 4.79 Å². The zero-order valence-electron chi connectivity index (χ0n) is 18.8. The van der Waals surface area contributed by atoms with Crippen molar-refractivity contribution in [3.8, 4) is 11.8 Å². The highest BCUT2D eigenvalue weighted by molar-refractivity contribution is 5.89. The Morgan fingerprint density at radius 2 is 1.81 bits per heavy atom. The summed E-state index contributed by atoms with van der Waals surface area (Å²) in [5.74, 6) is 6.28. The average Bonchev–Trinajstić information content (AvgIpc) is 2.77. The molecule has 1 atom stereocenters. The van der Waals surface area contributed by atoms with Crippen molar-refractivity contribution in [1.82, 2.24) is 0 Å². The van der Waals surface area contributed by atoms with E-state index < -0.39 is 0 Å². The van der Waals surface area contributed by atoms with Gasteiger partial charge in [0.25, 0.3) is 0 Å². The highest BCUT2D eigenvalue weighted by Gasteiger charge is 2.18. The Morgan fingerprint density at radius 1 is 1.10 bits per heavy atom. The third kappa shape index (κ3) is 6.09. The van der Waals surface area contributed by atoms with Crippen LogP contribution in [0.5, 0.6) is 0 Å². The standard InChI is InChI=1S/C29H30O2/c1-5-31-28(30)25-16-14-22(15-17-25)10-6-7-11-23-12-8-9-13-27(23)24-18-20-26(21-19-24)29(2,3)4/h7-9,11-12,14-21,27H,5,13H2,1-4H3. The first kappa shape index (κ1) is 22.4. The minimum absolute atomic E-state index is 0.160. The van der Waals surface area contributed by atoms with Crippen LogP contribution >= 0.6 is 0 Å². The van der Waals surface area contributed by atoms with Crippen LogP contribution in [0.4, 0.5) is 0 Å². The van der Waals surface area contributed by atoms with Crippen LogP contribution < -0.4 is 0 Å². The average molecular weight is 411 g/mol. The summed E-state index contributed by atoms with van der Waals surface area (Å²) in [6.07, 6.45) is 11.5. The molecule has 0 N–H and O–H groups in total. The number of hydrogen-bond donors (Lipinski definition) is 0. The molecule has 0 heterocycles. The molecular weight excluding hydrogens is 380 g/mol. The van der Waals surface area contributed by atoms with Crippen LogP contribution in [0.3, 0.4) is 0 Å². The van der Waals surface area contributed by atoms with E-state index in [0.29, 0.717) is 18.1 Å². The van der Waals surface area contributed by atoms with Crippen molar-refractivity contribution in [2.45, 2.75) is 45.4 Å². The lowest BCUT2D eigenvalue weighted by molar-refractivity contribution is 0.0526. The van der Waals surface area contributed by atoms with Crippen LogP contribution in [0.15, 0.2) is 84.5 Å². The van der Waals surface area contributed by atoms with Crippen LogP contribution in [-0.2, 0) is 10.2 Å².